The number of aliphatic carboxylic acids is 1. The van der Waals surface area contributed by atoms with Crippen LogP contribution < -0.4 is 9.80 Å². The van der Waals surface area contributed by atoms with Crippen molar-refractivity contribution in [3.8, 4) is 0 Å². The summed E-state index contributed by atoms with van der Waals surface area (Å²) in [5.41, 5.74) is 3.56. The van der Waals surface area contributed by atoms with Gasteiger partial charge in [-0.2, -0.15) is 0 Å². The Hall–Kier alpha value is -1.71. The number of carboxylic acid groups (broad SMARTS) is 1. The SMILES string of the molecule is CN1CCN(C)c2cc(C3(CC(=O)O)CC3)ccc21. The molecular formula is C15H20N2O2. The van der Waals surface area contributed by atoms with Crippen LogP contribution in [0.3, 0.4) is 0 Å². The third-order valence-corrected chi connectivity index (χ3v) is 4.52. The highest BCUT2D eigenvalue weighted by atomic mass is 16.4. The largest absolute Gasteiger partial charge is 0.481 e. The maximum Gasteiger partial charge on any atom is 0.304 e. The molecule has 3 rings (SSSR count). The summed E-state index contributed by atoms with van der Waals surface area (Å²) in [5.74, 6) is -0.694. The number of rotatable bonds is 3. The van der Waals surface area contributed by atoms with Gasteiger partial charge in [0, 0.05) is 32.6 Å². The Kier molecular flexibility index (Phi) is 2.69. The molecule has 1 aromatic carbocycles. The quantitative estimate of drug-likeness (QED) is 0.903. The first-order valence-electron chi connectivity index (χ1n) is 6.80. The van der Waals surface area contributed by atoms with E-state index in [2.05, 4.69) is 42.1 Å². The van der Waals surface area contributed by atoms with E-state index in [0.717, 1.165) is 25.9 Å². The summed E-state index contributed by atoms with van der Waals surface area (Å²) >= 11 is 0. The van der Waals surface area contributed by atoms with Crippen LogP contribution in [-0.2, 0) is 10.2 Å². The van der Waals surface area contributed by atoms with E-state index in [0.29, 0.717) is 0 Å². The summed E-state index contributed by atoms with van der Waals surface area (Å²) in [6, 6.07) is 6.45. The lowest BCUT2D eigenvalue weighted by molar-refractivity contribution is -0.137. The van der Waals surface area contributed by atoms with Crippen LogP contribution >= 0.6 is 0 Å². The van der Waals surface area contributed by atoms with E-state index in [1.54, 1.807) is 0 Å². The molecule has 4 heteroatoms. The fourth-order valence-corrected chi connectivity index (χ4v) is 3.03. The second-order valence-corrected chi connectivity index (χ2v) is 5.90. The molecule has 2 aliphatic rings. The Bertz CT molecular complexity index is 523. The summed E-state index contributed by atoms with van der Waals surface area (Å²) in [6.45, 7) is 2.04. The first-order valence-corrected chi connectivity index (χ1v) is 6.80. The smallest absolute Gasteiger partial charge is 0.304 e. The lowest BCUT2D eigenvalue weighted by atomic mass is 9.91. The summed E-state index contributed by atoms with van der Waals surface area (Å²) in [5, 5.41) is 9.06. The van der Waals surface area contributed by atoms with Crippen molar-refractivity contribution in [3.05, 3.63) is 23.8 Å². The Balaban J connectivity index is 1.97. The normalized spacial score (nSPS) is 20.1. The average Bonchev–Trinajstić information content (AvgIpc) is 3.14. The molecule has 1 fully saturated rings. The molecule has 1 N–H and O–H groups in total. The van der Waals surface area contributed by atoms with Gasteiger partial charge in [0.15, 0.2) is 0 Å². The third kappa shape index (κ3) is 2.05. The molecule has 1 aliphatic heterocycles. The second kappa shape index (κ2) is 4.15. The third-order valence-electron chi connectivity index (χ3n) is 4.52. The van der Waals surface area contributed by atoms with Gasteiger partial charge in [0.1, 0.15) is 0 Å². The van der Waals surface area contributed by atoms with Gasteiger partial charge >= 0.3 is 5.97 Å². The van der Waals surface area contributed by atoms with Gasteiger partial charge in [0.05, 0.1) is 17.8 Å². The van der Waals surface area contributed by atoms with Gasteiger partial charge in [-0.1, -0.05) is 6.07 Å². The van der Waals surface area contributed by atoms with Crippen molar-refractivity contribution in [2.75, 3.05) is 37.0 Å². The van der Waals surface area contributed by atoms with E-state index in [4.69, 9.17) is 5.11 Å². The standard InChI is InChI=1S/C15H20N2O2/c1-16-7-8-17(2)13-9-11(3-4-12(13)16)15(5-6-15)10-14(18)19/h3-4,9H,5-8,10H2,1-2H3,(H,18,19). The first kappa shape index (κ1) is 12.3. The molecule has 1 saturated carbocycles. The number of benzene rings is 1. The second-order valence-electron chi connectivity index (χ2n) is 5.90. The minimum Gasteiger partial charge on any atom is -0.481 e. The minimum absolute atomic E-state index is 0.0995. The van der Waals surface area contributed by atoms with Gasteiger partial charge in [-0.15, -0.1) is 0 Å². The number of nitrogens with zero attached hydrogens (tertiary/aromatic N) is 2. The molecule has 0 unspecified atom stereocenters. The average molecular weight is 260 g/mol. The van der Waals surface area contributed by atoms with E-state index in [1.807, 2.05) is 0 Å². The molecule has 1 aromatic rings. The lowest BCUT2D eigenvalue weighted by Crippen LogP contribution is -2.37. The Labute approximate surface area is 113 Å². The van der Waals surface area contributed by atoms with Crippen molar-refractivity contribution in [2.45, 2.75) is 24.7 Å². The number of likely N-dealkylation sites (N-methyl/N-ethyl adjacent to an activating group) is 2. The van der Waals surface area contributed by atoms with Gasteiger partial charge in [0.2, 0.25) is 0 Å². The molecule has 0 radical (unpaired) electrons. The van der Waals surface area contributed by atoms with Crippen molar-refractivity contribution in [3.63, 3.8) is 0 Å². The van der Waals surface area contributed by atoms with Gasteiger partial charge < -0.3 is 14.9 Å². The Morgan fingerprint density at radius 3 is 2.42 bits per heavy atom. The van der Waals surface area contributed by atoms with Crippen LogP contribution in [0.5, 0.6) is 0 Å². The van der Waals surface area contributed by atoms with E-state index in [-0.39, 0.29) is 11.8 Å². The van der Waals surface area contributed by atoms with Crippen LogP contribution in [0.2, 0.25) is 0 Å². The number of fused-ring (bicyclic) bond motifs is 1. The highest BCUT2D eigenvalue weighted by Gasteiger charge is 2.46. The zero-order valence-electron chi connectivity index (χ0n) is 11.5. The first-order chi connectivity index (χ1) is 9.02. The van der Waals surface area contributed by atoms with Crippen LogP contribution in [0.4, 0.5) is 11.4 Å². The number of hydrogen-bond acceptors (Lipinski definition) is 3. The van der Waals surface area contributed by atoms with Crippen molar-refractivity contribution < 1.29 is 9.90 Å². The molecule has 4 nitrogen and oxygen atoms in total. The van der Waals surface area contributed by atoms with E-state index < -0.39 is 5.97 Å². The summed E-state index contributed by atoms with van der Waals surface area (Å²) in [6.07, 6.45) is 2.25. The fourth-order valence-electron chi connectivity index (χ4n) is 3.03. The number of anilines is 2. The maximum atomic E-state index is 11.0. The summed E-state index contributed by atoms with van der Waals surface area (Å²) in [7, 11) is 4.21. The molecule has 0 amide bonds. The molecular weight excluding hydrogens is 240 g/mol. The Morgan fingerprint density at radius 2 is 1.84 bits per heavy atom. The Morgan fingerprint density at radius 1 is 1.21 bits per heavy atom. The number of hydrogen-bond donors (Lipinski definition) is 1. The topological polar surface area (TPSA) is 43.8 Å². The van der Waals surface area contributed by atoms with Crippen LogP contribution in [-0.4, -0.2) is 38.3 Å². The van der Waals surface area contributed by atoms with E-state index in [1.165, 1.54) is 16.9 Å². The molecule has 0 aromatic heterocycles. The van der Waals surface area contributed by atoms with Gasteiger partial charge in [-0.25, -0.2) is 0 Å². The fraction of sp³-hybridized carbons (Fsp3) is 0.533. The molecule has 19 heavy (non-hydrogen) atoms. The van der Waals surface area contributed by atoms with Crippen molar-refractivity contribution in [2.24, 2.45) is 0 Å². The molecule has 1 heterocycles. The van der Waals surface area contributed by atoms with Crippen LogP contribution in [0.25, 0.3) is 0 Å². The van der Waals surface area contributed by atoms with Gasteiger partial charge in [0.25, 0.3) is 0 Å². The van der Waals surface area contributed by atoms with Crippen molar-refractivity contribution >= 4 is 17.3 Å². The highest BCUT2D eigenvalue weighted by molar-refractivity contribution is 5.75. The highest BCUT2D eigenvalue weighted by Crippen LogP contribution is 2.52. The van der Waals surface area contributed by atoms with Crippen molar-refractivity contribution in [1.29, 1.82) is 0 Å². The molecule has 0 bridgehead atoms. The minimum atomic E-state index is -0.694. The summed E-state index contributed by atoms with van der Waals surface area (Å²) in [4.78, 5) is 15.5. The van der Waals surface area contributed by atoms with E-state index >= 15 is 0 Å². The van der Waals surface area contributed by atoms with Crippen LogP contribution in [0.15, 0.2) is 18.2 Å². The maximum absolute atomic E-state index is 11.0. The summed E-state index contributed by atoms with van der Waals surface area (Å²) < 4.78 is 0. The number of carbonyl (C=O) groups is 1. The molecule has 102 valence electrons. The van der Waals surface area contributed by atoms with Gasteiger partial charge in [-0.3, -0.25) is 4.79 Å². The van der Waals surface area contributed by atoms with Gasteiger partial charge in [-0.05, 0) is 30.5 Å². The molecule has 1 aliphatic carbocycles. The zero-order chi connectivity index (χ0) is 13.6. The predicted molar refractivity (Wildman–Crippen MR) is 76.1 cm³/mol. The predicted octanol–water partition coefficient (Wildman–Crippen LogP) is 2.08. The van der Waals surface area contributed by atoms with Crippen LogP contribution in [0.1, 0.15) is 24.8 Å². The van der Waals surface area contributed by atoms with E-state index in [9.17, 15) is 4.79 Å². The molecule has 0 saturated heterocycles. The molecule has 0 atom stereocenters. The zero-order valence-corrected chi connectivity index (χ0v) is 11.5. The molecule has 0 spiro atoms. The lowest BCUT2D eigenvalue weighted by Gasteiger charge is -2.35. The van der Waals surface area contributed by atoms with Crippen molar-refractivity contribution in [1.82, 2.24) is 0 Å². The number of carboxylic acids is 1. The van der Waals surface area contributed by atoms with Crippen LogP contribution in [0, 0.1) is 0 Å². The monoisotopic (exact) mass is 260 g/mol.